The summed E-state index contributed by atoms with van der Waals surface area (Å²) < 4.78 is 0. The van der Waals surface area contributed by atoms with Crippen molar-refractivity contribution in [3.05, 3.63) is 60.0 Å². The molecule has 0 radical (unpaired) electrons. The van der Waals surface area contributed by atoms with Gasteiger partial charge in [0.1, 0.15) is 5.69 Å². The highest BCUT2D eigenvalue weighted by Crippen LogP contribution is 2.33. The van der Waals surface area contributed by atoms with E-state index in [1.54, 1.807) is 18.5 Å². The monoisotopic (exact) mass is 320 g/mol. The number of pyridine rings is 1. The summed E-state index contributed by atoms with van der Waals surface area (Å²) in [7, 11) is 0. The van der Waals surface area contributed by atoms with E-state index in [0.29, 0.717) is 5.56 Å². The molecule has 0 saturated carbocycles. The lowest BCUT2D eigenvalue weighted by molar-refractivity contribution is 0.0999. The van der Waals surface area contributed by atoms with Gasteiger partial charge in [-0.15, -0.1) is 0 Å². The minimum Gasteiger partial charge on any atom is -0.366 e. The van der Waals surface area contributed by atoms with Crippen LogP contribution in [0.2, 0.25) is 0 Å². The zero-order chi connectivity index (χ0) is 16.9. The molecule has 122 valence electrons. The number of amides is 1. The van der Waals surface area contributed by atoms with Crippen LogP contribution in [0.1, 0.15) is 35.7 Å². The zero-order valence-corrected chi connectivity index (χ0v) is 13.6. The molecule has 0 spiro atoms. The number of aromatic nitrogens is 3. The quantitative estimate of drug-likeness (QED) is 0.728. The number of carbonyl (C=O) groups is 1. The Balaban J connectivity index is 2.15. The molecule has 24 heavy (non-hydrogen) atoms. The van der Waals surface area contributed by atoms with Crippen LogP contribution in [0, 0.1) is 0 Å². The smallest absolute Gasteiger partial charge is 0.248 e. The highest BCUT2D eigenvalue weighted by atomic mass is 16.1. The molecule has 5 nitrogen and oxygen atoms in total. The lowest BCUT2D eigenvalue weighted by Crippen LogP contribution is -2.14. The van der Waals surface area contributed by atoms with Crippen molar-refractivity contribution in [3.63, 3.8) is 0 Å². The van der Waals surface area contributed by atoms with Crippen LogP contribution in [-0.4, -0.2) is 21.1 Å². The van der Waals surface area contributed by atoms with Gasteiger partial charge in [-0.1, -0.05) is 25.5 Å². The number of nitrogens with zero attached hydrogens (tertiary/aromatic N) is 2. The molecule has 0 fully saturated rings. The van der Waals surface area contributed by atoms with E-state index in [2.05, 4.69) is 22.1 Å². The van der Waals surface area contributed by atoms with Crippen LogP contribution in [0.5, 0.6) is 0 Å². The van der Waals surface area contributed by atoms with Gasteiger partial charge in [0.25, 0.3) is 0 Å². The molecule has 5 heteroatoms. The molecule has 0 saturated heterocycles. The third-order valence-electron chi connectivity index (χ3n) is 4.11. The largest absolute Gasteiger partial charge is 0.366 e. The van der Waals surface area contributed by atoms with E-state index in [1.807, 2.05) is 30.5 Å². The van der Waals surface area contributed by atoms with Gasteiger partial charge < -0.3 is 5.73 Å². The first-order valence-corrected chi connectivity index (χ1v) is 8.08. The summed E-state index contributed by atoms with van der Waals surface area (Å²) in [5.41, 5.74) is 10.9. The molecule has 0 bridgehead atoms. The lowest BCUT2D eigenvalue weighted by Gasteiger charge is -2.13. The molecule has 3 rings (SSSR count). The fraction of sp³-hybridized carbons (Fsp3) is 0.211. The average molecular weight is 320 g/mol. The molecule has 0 aliphatic carbocycles. The number of rotatable bonds is 6. The topological polar surface area (TPSA) is 84.7 Å². The average Bonchev–Trinajstić information content (AvgIpc) is 3.09. The fourth-order valence-corrected chi connectivity index (χ4v) is 2.91. The summed E-state index contributed by atoms with van der Waals surface area (Å²) in [5.74, 6) is -0.399. The highest BCUT2D eigenvalue weighted by molar-refractivity contribution is 5.97. The maximum atomic E-state index is 11.8. The lowest BCUT2D eigenvalue weighted by atomic mass is 9.92. The van der Waals surface area contributed by atoms with Crippen molar-refractivity contribution in [3.8, 4) is 22.4 Å². The second-order valence-corrected chi connectivity index (χ2v) is 5.68. The van der Waals surface area contributed by atoms with Crippen LogP contribution < -0.4 is 5.73 Å². The van der Waals surface area contributed by atoms with E-state index >= 15 is 0 Å². The van der Waals surface area contributed by atoms with E-state index in [9.17, 15) is 4.79 Å². The van der Waals surface area contributed by atoms with Gasteiger partial charge in [-0.25, -0.2) is 0 Å². The van der Waals surface area contributed by atoms with E-state index in [-0.39, 0.29) is 0 Å². The van der Waals surface area contributed by atoms with Crippen LogP contribution in [0.25, 0.3) is 22.4 Å². The number of hydrogen-bond acceptors (Lipinski definition) is 3. The summed E-state index contributed by atoms with van der Waals surface area (Å²) in [6, 6.07) is 9.53. The summed E-state index contributed by atoms with van der Waals surface area (Å²) in [6.07, 6.45) is 8.21. The van der Waals surface area contributed by atoms with Gasteiger partial charge in [0.2, 0.25) is 5.91 Å². The molecule has 1 aromatic carbocycles. The standard InChI is InChI=1S/C19H20N4O/c1-2-3-5-14-15(6-4-7-16(14)19(20)24)18-17(12-22-23-18)13-8-10-21-11-9-13/h4,6-12H,2-3,5H2,1H3,(H2,20,24)(H,22,23). The van der Waals surface area contributed by atoms with Crippen LogP contribution in [0.4, 0.5) is 0 Å². The molecule has 0 unspecified atom stereocenters. The maximum absolute atomic E-state index is 11.8. The molecular formula is C19H20N4O. The molecule has 3 N–H and O–H groups in total. The Kier molecular flexibility index (Phi) is 4.70. The molecule has 1 amide bonds. The van der Waals surface area contributed by atoms with Gasteiger partial charge in [0, 0.05) is 35.3 Å². The van der Waals surface area contributed by atoms with Crippen molar-refractivity contribution in [2.45, 2.75) is 26.2 Å². The Labute approximate surface area is 140 Å². The predicted molar refractivity (Wildman–Crippen MR) is 94.4 cm³/mol. The maximum Gasteiger partial charge on any atom is 0.248 e. The van der Waals surface area contributed by atoms with E-state index in [0.717, 1.165) is 47.2 Å². The zero-order valence-electron chi connectivity index (χ0n) is 13.6. The number of nitrogens with one attached hydrogen (secondary N) is 1. The van der Waals surface area contributed by atoms with E-state index in [4.69, 9.17) is 5.73 Å². The summed E-state index contributed by atoms with van der Waals surface area (Å²) in [5, 5.41) is 7.38. The Morgan fingerprint density at radius 1 is 1.17 bits per heavy atom. The molecule has 0 aliphatic rings. The van der Waals surface area contributed by atoms with Gasteiger partial charge >= 0.3 is 0 Å². The second kappa shape index (κ2) is 7.08. The Bertz CT molecular complexity index is 840. The third kappa shape index (κ3) is 3.06. The Morgan fingerprint density at radius 3 is 2.67 bits per heavy atom. The minimum atomic E-state index is -0.399. The van der Waals surface area contributed by atoms with Crippen LogP contribution in [0.15, 0.2) is 48.9 Å². The highest BCUT2D eigenvalue weighted by Gasteiger charge is 2.18. The molecule has 0 aliphatic heterocycles. The third-order valence-corrected chi connectivity index (χ3v) is 4.11. The van der Waals surface area contributed by atoms with Crippen LogP contribution in [0.3, 0.4) is 0 Å². The summed E-state index contributed by atoms with van der Waals surface area (Å²) >= 11 is 0. The number of aromatic amines is 1. The number of unbranched alkanes of at least 4 members (excludes halogenated alkanes) is 1. The number of benzene rings is 1. The van der Waals surface area contributed by atoms with Crippen molar-refractivity contribution in [1.82, 2.24) is 15.2 Å². The first-order chi connectivity index (χ1) is 11.7. The second-order valence-electron chi connectivity index (χ2n) is 5.68. The normalized spacial score (nSPS) is 10.7. The van der Waals surface area contributed by atoms with Crippen molar-refractivity contribution in [2.75, 3.05) is 0 Å². The van der Waals surface area contributed by atoms with Crippen LogP contribution in [-0.2, 0) is 6.42 Å². The summed E-state index contributed by atoms with van der Waals surface area (Å²) in [4.78, 5) is 15.9. The number of carbonyl (C=O) groups excluding carboxylic acids is 1. The number of nitrogens with two attached hydrogens (primary N) is 1. The summed E-state index contributed by atoms with van der Waals surface area (Å²) in [6.45, 7) is 2.13. The first kappa shape index (κ1) is 15.9. The number of H-pyrrole nitrogens is 1. The molecular weight excluding hydrogens is 300 g/mol. The van der Waals surface area contributed by atoms with Crippen molar-refractivity contribution < 1.29 is 4.79 Å². The van der Waals surface area contributed by atoms with Gasteiger partial charge in [-0.2, -0.15) is 5.10 Å². The van der Waals surface area contributed by atoms with E-state index in [1.165, 1.54) is 0 Å². The van der Waals surface area contributed by atoms with Gasteiger partial charge in [-0.3, -0.25) is 14.9 Å². The van der Waals surface area contributed by atoms with E-state index < -0.39 is 5.91 Å². The Hall–Kier alpha value is -2.95. The Morgan fingerprint density at radius 2 is 1.96 bits per heavy atom. The van der Waals surface area contributed by atoms with Crippen molar-refractivity contribution in [2.24, 2.45) is 5.73 Å². The number of hydrogen-bond donors (Lipinski definition) is 2. The van der Waals surface area contributed by atoms with Crippen molar-refractivity contribution in [1.29, 1.82) is 0 Å². The van der Waals surface area contributed by atoms with Gasteiger partial charge in [0.05, 0.1) is 0 Å². The van der Waals surface area contributed by atoms with Crippen LogP contribution >= 0.6 is 0 Å². The molecule has 3 aromatic rings. The SMILES string of the molecule is CCCCc1c(C(N)=O)cccc1-c1n[nH]cc1-c1ccncc1. The molecule has 2 heterocycles. The predicted octanol–water partition coefficient (Wildman–Crippen LogP) is 3.58. The molecule has 2 aromatic heterocycles. The number of primary amides is 1. The fourth-order valence-electron chi connectivity index (χ4n) is 2.91. The van der Waals surface area contributed by atoms with Gasteiger partial charge in [0.15, 0.2) is 0 Å². The molecule has 0 atom stereocenters. The minimum absolute atomic E-state index is 0.399. The van der Waals surface area contributed by atoms with Crippen molar-refractivity contribution >= 4 is 5.91 Å². The first-order valence-electron chi connectivity index (χ1n) is 8.08. The van der Waals surface area contributed by atoms with Gasteiger partial charge in [-0.05, 0) is 42.2 Å².